The molecule has 0 atom stereocenters. The van der Waals surface area contributed by atoms with Gasteiger partial charge < -0.3 is 14.4 Å². The van der Waals surface area contributed by atoms with Gasteiger partial charge in [0.2, 0.25) is 5.78 Å². The number of nitrogens with zero attached hydrogens (tertiary/aromatic N) is 2. The highest BCUT2D eigenvalue weighted by Crippen LogP contribution is 2.46. The van der Waals surface area contributed by atoms with Crippen molar-refractivity contribution < 1.29 is 19.1 Å². The number of carbonyl (C=O) groups is 2. The molecule has 0 N–H and O–H groups in total. The van der Waals surface area contributed by atoms with E-state index in [0.717, 1.165) is 16.1 Å². The smallest absolute Gasteiger partial charge is 0.310 e. The van der Waals surface area contributed by atoms with Gasteiger partial charge in [0, 0.05) is 11.9 Å². The number of rotatable bonds is 6. The Bertz CT molecular complexity index is 977. The van der Waals surface area contributed by atoms with Crippen LogP contribution in [-0.4, -0.2) is 32.5 Å². The Hall–Kier alpha value is -3.24. The van der Waals surface area contributed by atoms with Crippen LogP contribution in [0.1, 0.15) is 5.56 Å². The fraction of sp³-hybridized carbons (Fsp3) is 0.190. The molecule has 2 aromatic rings. The number of ether oxygens (including phenoxy) is 2. The van der Waals surface area contributed by atoms with Gasteiger partial charge in [0.05, 0.1) is 19.2 Å². The first-order valence-electron chi connectivity index (χ1n) is 8.50. The molecule has 142 valence electrons. The normalized spacial score (nSPS) is 14.1. The Kier molecular flexibility index (Phi) is 6.02. The summed E-state index contributed by atoms with van der Waals surface area (Å²) in [4.78, 5) is 27.3. The highest BCUT2D eigenvalue weighted by molar-refractivity contribution is 8.03. The maximum absolute atomic E-state index is 12.5. The predicted octanol–water partition coefficient (Wildman–Crippen LogP) is 3.33. The summed E-state index contributed by atoms with van der Waals surface area (Å²) in [6.45, 7) is -0.466. The molecule has 28 heavy (non-hydrogen) atoms. The van der Waals surface area contributed by atoms with E-state index in [1.165, 1.54) is 11.8 Å². The Labute approximate surface area is 167 Å². The van der Waals surface area contributed by atoms with Gasteiger partial charge in [-0.1, -0.05) is 36.0 Å². The molecule has 0 spiro atoms. The molecule has 0 aliphatic carbocycles. The largest absolute Gasteiger partial charge is 0.497 e. The molecule has 0 saturated carbocycles. The number of benzene rings is 2. The molecule has 0 amide bonds. The van der Waals surface area contributed by atoms with E-state index < -0.39 is 18.4 Å². The Morgan fingerprint density at radius 2 is 1.86 bits per heavy atom. The Balaban J connectivity index is 1.63. The van der Waals surface area contributed by atoms with Gasteiger partial charge in [-0.05, 0) is 29.8 Å². The molecule has 0 radical (unpaired) electrons. The number of thioether (sulfide) groups is 1. The standard InChI is InChI=1S/C21H18N2O4S/c1-23-17-5-3-4-6-19(17)28-21(23)16(12-22)18(24)13-27-20(25)11-14-7-9-15(26-2)10-8-14/h3-10H,11,13H2,1-2H3/b21-16-. The van der Waals surface area contributed by atoms with E-state index in [-0.39, 0.29) is 12.0 Å². The molecule has 0 unspecified atom stereocenters. The van der Waals surface area contributed by atoms with Gasteiger partial charge in [-0.3, -0.25) is 9.59 Å². The molecule has 0 aromatic heterocycles. The number of methoxy groups -OCH3 is 1. The molecule has 7 heteroatoms. The highest BCUT2D eigenvalue weighted by atomic mass is 32.2. The fourth-order valence-electron chi connectivity index (χ4n) is 2.73. The summed E-state index contributed by atoms with van der Waals surface area (Å²) in [6, 6.07) is 16.6. The monoisotopic (exact) mass is 394 g/mol. The Morgan fingerprint density at radius 1 is 1.14 bits per heavy atom. The second-order valence-corrected chi connectivity index (χ2v) is 7.06. The van der Waals surface area contributed by atoms with Crippen LogP contribution >= 0.6 is 11.8 Å². The van der Waals surface area contributed by atoms with Gasteiger partial charge in [-0.2, -0.15) is 5.26 Å². The van der Waals surface area contributed by atoms with E-state index in [9.17, 15) is 14.9 Å². The zero-order chi connectivity index (χ0) is 20.1. The summed E-state index contributed by atoms with van der Waals surface area (Å²) in [6.07, 6.45) is 0.0375. The van der Waals surface area contributed by atoms with Crippen LogP contribution in [0.5, 0.6) is 5.75 Å². The number of anilines is 1. The zero-order valence-electron chi connectivity index (χ0n) is 15.5. The van der Waals surface area contributed by atoms with Gasteiger partial charge in [0.15, 0.2) is 6.61 Å². The van der Waals surface area contributed by atoms with Crippen molar-refractivity contribution in [2.24, 2.45) is 0 Å². The quantitative estimate of drug-likeness (QED) is 0.422. The first kappa shape index (κ1) is 19.5. The maximum atomic E-state index is 12.5. The van der Waals surface area contributed by atoms with E-state index >= 15 is 0 Å². The number of nitriles is 1. The minimum atomic E-state index is -0.531. The molecule has 0 bridgehead atoms. The second-order valence-electron chi connectivity index (χ2n) is 6.03. The Morgan fingerprint density at radius 3 is 2.50 bits per heavy atom. The fourth-order valence-corrected chi connectivity index (χ4v) is 3.89. The van der Waals surface area contributed by atoms with Crippen LogP contribution in [0.2, 0.25) is 0 Å². The van der Waals surface area contributed by atoms with Gasteiger partial charge in [0.1, 0.15) is 22.4 Å². The minimum absolute atomic E-state index is 0.0130. The number of hydrogen-bond acceptors (Lipinski definition) is 7. The third kappa shape index (κ3) is 4.18. The third-order valence-electron chi connectivity index (χ3n) is 4.21. The molecule has 0 saturated heterocycles. The zero-order valence-corrected chi connectivity index (χ0v) is 16.3. The lowest BCUT2D eigenvalue weighted by atomic mass is 10.1. The molecular formula is C21H18N2O4S. The predicted molar refractivity (Wildman–Crippen MR) is 106 cm³/mol. The van der Waals surface area contributed by atoms with Crippen molar-refractivity contribution in [2.45, 2.75) is 11.3 Å². The number of fused-ring (bicyclic) bond motifs is 1. The number of para-hydroxylation sites is 1. The lowest BCUT2D eigenvalue weighted by molar-refractivity contribution is -0.146. The van der Waals surface area contributed by atoms with Crippen LogP contribution in [0.15, 0.2) is 64.0 Å². The van der Waals surface area contributed by atoms with Crippen molar-refractivity contribution in [3.05, 3.63) is 64.7 Å². The van der Waals surface area contributed by atoms with Crippen LogP contribution in [0, 0.1) is 11.3 Å². The summed E-state index contributed by atoms with van der Waals surface area (Å²) in [5.74, 6) is -0.360. The summed E-state index contributed by atoms with van der Waals surface area (Å²) < 4.78 is 10.2. The number of esters is 1. The van der Waals surface area contributed by atoms with Crippen molar-refractivity contribution in [3.63, 3.8) is 0 Å². The number of Topliss-reactive ketones (excluding diaryl/α,β-unsaturated/α-hetero) is 1. The first-order valence-corrected chi connectivity index (χ1v) is 9.32. The van der Waals surface area contributed by atoms with Crippen molar-refractivity contribution >= 4 is 29.2 Å². The van der Waals surface area contributed by atoms with E-state index in [0.29, 0.717) is 10.8 Å². The summed E-state index contributed by atoms with van der Waals surface area (Å²) in [7, 11) is 3.36. The lowest BCUT2D eigenvalue weighted by Gasteiger charge is -2.14. The first-order chi connectivity index (χ1) is 13.5. The van der Waals surface area contributed by atoms with Crippen LogP contribution in [0.25, 0.3) is 0 Å². The van der Waals surface area contributed by atoms with Gasteiger partial charge in [-0.25, -0.2) is 0 Å². The van der Waals surface area contributed by atoms with Crippen LogP contribution in [-0.2, 0) is 20.7 Å². The number of carbonyl (C=O) groups excluding carboxylic acids is 2. The maximum Gasteiger partial charge on any atom is 0.310 e. The van der Waals surface area contributed by atoms with Crippen LogP contribution < -0.4 is 9.64 Å². The molecule has 2 aromatic carbocycles. The number of ketones is 1. The molecular weight excluding hydrogens is 376 g/mol. The average molecular weight is 394 g/mol. The van der Waals surface area contributed by atoms with Gasteiger partial charge in [0.25, 0.3) is 0 Å². The third-order valence-corrected chi connectivity index (χ3v) is 5.45. The van der Waals surface area contributed by atoms with Crippen LogP contribution in [0.3, 0.4) is 0 Å². The van der Waals surface area contributed by atoms with Crippen molar-refractivity contribution in [1.82, 2.24) is 0 Å². The molecule has 6 nitrogen and oxygen atoms in total. The van der Waals surface area contributed by atoms with Crippen molar-refractivity contribution in [3.8, 4) is 11.8 Å². The summed E-state index contributed by atoms with van der Waals surface area (Å²) in [5.41, 5.74) is 1.67. The van der Waals surface area contributed by atoms with E-state index in [4.69, 9.17) is 9.47 Å². The molecule has 0 fully saturated rings. The SMILES string of the molecule is COc1ccc(CC(=O)OCC(=O)/C(C#N)=C2\Sc3ccccc3N2C)cc1. The van der Waals surface area contributed by atoms with E-state index in [1.54, 1.807) is 43.3 Å². The summed E-state index contributed by atoms with van der Waals surface area (Å²) >= 11 is 1.36. The highest BCUT2D eigenvalue weighted by Gasteiger charge is 2.28. The van der Waals surface area contributed by atoms with Gasteiger partial charge >= 0.3 is 5.97 Å². The summed E-state index contributed by atoms with van der Waals surface area (Å²) in [5, 5.41) is 10.0. The molecule has 3 rings (SSSR count). The van der Waals surface area contributed by atoms with Crippen molar-refractivity contribution in [1.29, 1.82) is 5.26 Å². The van der Waals surface area contributed by atoms with Crippen LogP contribution in [0.4, 0.5) is 5.69 Å². The average Bonchev–Trinajstić information content (AvgIpc) is 3.04. The molecule has 1 heterocycles. The van der Waals surface area contributed by atoms with Crippen molar-refractivity contribution in [2.75, 3.05) is 25.7 Å². The van der Waals surface area contributed by atoms with E-state index in [2.05, 4.69) is 0 Å². The topological polar surface area (TPSA) is 79.6 Å². The number of hydrogen-bond donors (Lipinski definition) is 0. The van der Waals surface area contributed by atoms with Gasteiger partial charge in [-0.15, -0.1) is 0 Å². The molecule has 1 aliphatic rings. The second kappa shape index (κ2) is 8.63. The molecule has 1 aliphatic heterocycles. The lowest BCUT2D eigenvalue weighted by Crippen LogP contribution is -2.20. The van der Waals surface area contributed by atoms with E-state index in [1.807, 2.05) is 30.3 Å². The minimum Gasteiger partial charge on any atom is -0.497 e.